The fourth-order valence-electron chi connectivity index (χ4n) is 2.04. The maximum atomic E-state index is 9.02. The molecule has 0 radical (unpaired) electrons. The summed E-state index contributed by atoms with van der Waals surface area (Å²) < 4.78 is 0. The molecular formula is C13H13N. The molecule has 14 heavy (non-hydrogen) atoms. The van der Waals surface area contributed by atoms with E-state index in [1.54, 1.807) is 0 Å². The van der Waals surface area contributed by atoms with E-state index in [4.69, 9.17) is 5.26 Å². The molecule has 0 N–H and O–H groups in total. The Kier molecular flexibility index (Phi) is 2.65. The number of hydrogen-bond acceptors (Lipinski definition) is 1. The minimum Gasteiger partial charge on any atom is -0.198 e. The van der Waals surface area contributed by atoms with Crippen LogP contribution in [0.2, 0.25) is 0 Å². The van der Waals surface area contributed by atoms with E-state index in [9.17, 15) is 0 Å². The lowest BCUT2D eigenvalue weighted by Crippen LogP contribution is -2.12. The molecule has 0 bridgehead atoms. The van der Waals surface area contributed by atoms with Gasteiger partial charge in [0.2, 0.25) is 0 Å². The molecule has 0 saturated carbocycles. The van der Waals surface area contributed by atoms with Gasteiger partial charge in [-0.3, -0.25) is 0 Å². The van der Waals surface area contributed by atoms with E-state index in [1.807, 2.05) is 24.3 Å². The Bertz CT molecular complexity index is 359. The van der Waals surface area contributed by atoms with Gasteiger partial charge in [-0.25, -0.2) is 0 Å². The molecule has 0 aliphatic heterocycles. The monoisotopic (exact) mass is 183 g/mol. The van der Waals surface area contributed by atoms with E-state index in [0.29, 0.717) is 5.92 Å². The van der Waals surface area contributed by atoms with Gasteiger partial charge in [-0.15, -0.1) is 0 Å². The van der Waals surface area contributed by atoms with Crippen LogP contribution in [0.3, 0.4) is 0 Å². The van der Waals surface area contributed by atoms with E-state index in [-0.39, 0.29) is 5.92 Å². The fourth-order valence-corrected chi connectivity index (χ4v) is 2.04. The number of rotatable bonds is 1. The van der Waals surface area contributed by atoms with Crippen molar-refractivity contribution in [3.63, 3.8) is 0 Å². The Labute approximate surface area is 84.7 Å². The van der Waals surface area contributed by atoms with E-state index in [2.05, 4.69) is 24.3 Å². The van der Waals surface area contributed by atoms with Crippen molar-refractivity contribution in [3.05, 3.63) is 48.0 Å². The molecule has 0 spiro atoms. The van der Waals surface area contributed by atoms with Gasteiger partial charge in [0.25, 0.3) is 0 Å². The highest BCUT2D eigenvalue weighted by Gasteiger charge is 2.22. The molecule has 70 valence electrons. The summed E-state index contributed by atoms with van der Waals surface area (Å²) >= 11 is 0. The van der Waals surface area contributed by atoms with Crippen LogP contribution in [0.15, 0.2) is 42.5 Å². The van der Waals surface area contributed by atoms with Crippen molar-refractivity contribution in [2.24, 2.45) is 5.92 Å². The summed E-state index contributed by atoms with van der Waals surface area (Å²) in [6.45, 7) is 0. The van der Waals surface area contributed by atoms with Gasteiger partial charge >= 0.3 is 0 Å². The number of allylic oxidation sites excluding steroid dienone is 2. The number of hydrogen-bond donors (Lipinski definition) is 0. The summed E-state index contributed by atoms with van der Waals surface area (Å²) in [6.07, 6.45) is 6.35. The molecule has 1 nitrogen and oxygen atoms in total. The third-order valence-electron chi connectivity index (χ3n) is 2.80. The van der Waals surface area contributed by atoms with Crippen LogP contribution in [0, 0.1) is 17.2 Å². The Hall–Kier alpha value is -1.55. The van der Waals surface area contributed by atoms with Crippen molar-refractivity contribution in [2.45, 2.75) is 18.8 Å². The van der Waals surface area contributed by atoms with Crippen LogP contribution in [-0.4, -0.2) is 0 Å². The second-order valence-electron chi connectivity index (χ2n) is 3.68. The number of benzene rings is 1. The van der Waals surface area contributed by atoms with Crippen molar-refractivity contribution in [1.29, 1.82) is 5.26 Å². The molecule has 1 heteroatoms. The molecule has 0 amide bonds. The number of nitriles is 1. The van der Waals surface area contributed by atoms with Gasteiger partial charge in [0.15, 0.2) is 0 Å². The largest absolute Gasteiger partial charge is 0.198 e. The first kappa shape index (κ1) is 9.02. The van der Waals surface area contributed by atoms with Crippen molar-refractivity contribution in [3.8, 4) is 6.07 Å². The maximum absolute atomic E-state index is 9.02. The zero-order chi connectivity index (χ0) is 9.80. The summed E-state index contributed by atoms with van der Waals surface area (Å²) in [7, 11) is 0. The molecule has 1 aliphatic rings. The van der Waals surface area contributed by atoms with Gasteiger partial charge in [-0.1, -0.05) is 42.5 Å². The standard InChI is InChI=1S/C13H13N/c14-10-12-8-4-5-9-13(12)11-6-2-1-3-7-11/h1-4,6-8,12-13H,5,9H2. The first-order chi connectivity index (χ1) is 6.92. The first-order valence-corrected chi connectivity index (χ1v) is 5.03. The Morgan fingerprint density at radius 2 is 2.00 bits per heavy atom. The predicted molar refractivity (Wildman–Crippen MR) is 56.7 cm³/mol. The smallest absolute Gasteiger partial charge is 0.0712 e. The summed E-state index contributed by atoms with van der Waals surface area (Å²) in [6, 6.07) is 12.7. The minimum absolute atomic E-state index is 0.0612. The molecule has 2 unspecified atom stereocenters. The van der Waals surface area contributed by atoms with E-state index in [1.165, 1.54) is 5.56 Å². The van der Waals surface area contributed by atoms with Crippen molar-refractivity contribution in [1.82, 2.24) is 0 Å². The van der Waals surface area contributed by atoms with Gasteiger partial charge < -0.3 is 0 Å². The minimum atomic E-state index is 0.0612. The lowest BCUT2D eigenvalue weighted by atomic mass is 9.80. The third kappa shape index (κ3) is 1.70. The summed E-state index contributed by atoms with van der Waals surface area (Å²) in [5.74, 6) is 0.456. The fraction of sp³-hybridized carbons (Fsp3) is 0.308. The van der Waals surface area contributed by atoms with Crippen LogP contribution in [0.5, 0.6) is 0 Å². The molecule has 0 fully saturated rings. The second-order valence-corrected chi connectivity index (χ2v) is 3.68. The molecule has 0 saturated heterocycles. The third-order valence-corrected chi connectivity index (χ3v) is 2.80. The van der Waals surface area contributed by atoms with Crippen molar-refractivity contribution < 1.29 is 0 Å². The van der Waals surface area contributed by atoms with Gasteiger partial charge in [0.05, 0.1) is 12.0 Å². The van der Waals surface area contributed by atoms with Crippen LogP contribution in [0.4, 0.5) is 0 Å². The topological polar surface area (TPSA) is 23.8 Å². The van der Waals surface area contributed by atoms with Gasteiger partial charge in [0, 0.05) is 5.92 Å². The average molecular weight is 183 g/mol. The quantitative estimate of drug-likeness (QED) is 0.613. The Morgan fingerprint density at radius 1 is 1.21 bits per heavy atom. The number of nitrogens with zero attached hydrogens (tertiary/aromatic N) is 1. The first-order valence-electron chi connectivity index (χ1n) is 5.03. The Morgan fingerprint density at radius 3 is 2.71 bits per heavy atom. The molecule has 1 aromatic rings. The summed E-state index contributed by atoms with van der Waals surface area (Å²) in [4.78, 5) is 0. The highest BCUT2D eigenvalue weighted by molar-refractivity contribution is 5.26. The molecule has 1 aromatic carbocycles. The molecule has 0 heterocycles. The van der Waals surface area contributed by atoms with Crippen LogP contribution in [0.25, 0.3) is 0 Å². The van der Waals surface area contributed by atoms with Crippen LogP contribution < -0.4 is 0 Å². The van der Waals surface area contributed by atoms with Gasteiger partial charge in [-0.2, -0.15) is 5.26 Å². The van der Waals surface area contributed by atoms with E-state index in [0.717, 1.165) is 12.8 Å². The van der Waals surface area contributed by atoms with Crippen LogP contribution >= 0.6 is 0 Å². The molecule has 0 aromatic heterocycles. The zero-order valence-corrected chi connectivity index (χ0v) is 8.06. The van der Waals surface area contributed by atoms with Gasteiger partial charge in [-0.05, 0) is 18.4 Å². The van der Waals surface area contributed by atoms with Crippen LogP contribution in [0.1, 0.15) is 24.3 Å². The van der Waals surface area contributed by atoms with Crippen LogP contribution in [-0.2, 0) is 0 Å². The normalized spacial score (nSPS) is 25.6. The summed E-state index contributed by atoms with van der Waals surface area (Å²) in [5.41, 5.74) is 1.29. The molecule has 1 aliphatic carbocycles. The maximum Gasteiger partial charge on any atom is 0.0712 e. The highest BCUT2D eigenvalue weighted by Crippen LogP contribution is 2.33. The van der Waals surface area contributed by atoms with E-state index < -0.39 is 0 Å². The predicted octanol–water partition coefficient (Wildman–Crippen LogP) is 3.26. The SMILES string of the molecule is N#CC1C=CCCC1c1ccccc1. The molecule has 2 atom stereocenters. The second kappa shape index (κ2) is 4.11. The van der Waals surface area contributed by atoms with Gasteiger partial charge in [0.1, 0.15) is 0 Å². The average Bonchev–Trinajstić information content (AvgIpc) is 2.30. The van der Waals surface area contributed by atoms with Crippen molar-refractivity contribution >= 4 is 0 Å². The zero-order valence-electron chi connectivity index (χ0n) is 8.06. The lowest BCUT2D eigenvalue weighted by Gasteiger charge is -2.22. The molecular weight excluding hydrogens is 170 g/mol. The summed E-state index contributed by atoms with van der Waals surface area (Å²) in [5, 5.41) is 9.02. The molecule has 2 rings (SSSR count). The van der Waals surface area contributed by atoms with E-state index >= 15 is 0 Å². The Balaban J connectivity index is 2.27. The van der Waals surface area contributed by atoms with Crippen molar-refractivity contribution in [2.75, 3.05) is 0 Å². The lowest BCUT2D eigenvalue weighted by molar-refractivity contribution is 0.538. The highest BCUT2D eigenvalue weighted by atomic mass is 14.3.